The van der Waals surface area contributed by atoms with Crippen LogP contribution in [0.1, 0.15) is 5.56 Å². The highest BCUT2D eigenvalue weighted by Gasteiger charge is 2.18. The third-order valence-electron chi connectivity index (χ3n) is 3.84. The van der Waals surface area contributed by atoms with Gasteiger partial charge in [-0.25, -0.2) is 0 Å². The van der Waals surface area contributed by atoms with Gasteiger partial charge in [0.05, 0.1) is 13.1 Å². The van der Waals surface area contributed by atoms with Crippen molar-refractivity contribution >= 4 is 58.2 Å². The maximum absolute atomic E-state index is 12.2. The van der Waals surface area contributed by atoms with Crippen LogP contribution in [0.4, 0.5) is 5.69 Å². The smallest absolute Gasteiger partial charge is 0.243 e. The predicted molar refractivity (Wildman–Crippen MR) is 109 cm³/mol. The Kier molecular flexibility index (Phi) is 11.3. The molecule has 0 unspecified atom stereocenters. The number of likely N-dealkylation sites (N-methyl/N-ethyl adjacent to an activating group) is 1. The number of benzene rings is 1. The molecule has 2 amide bonds. The number of halogens is 3. The van der Waals surface area contributed by atoms with Crippen LogP contribution in [-0.4, -0.2) is 67.9 Å². The minimum atomic E-state index is -0.188. The van der Waals surface area contributed by atoms with Crippen LogP contribution in [0.5, 0.6) is 0 Å². The molecule has 0 saturated carbocycles. The molecule has 0 bridgehead atoms. The highest BCUT2D eigenvalue weighted by molar-refractivity contribution is 9.10. The highest BCUT2D eigenvalue weighted by atomic mass is 79.9. The Morgan fingerprint density at radius 2 is 1.92 bits per heavy atom. The first-order chi connectivity index (χ1) is 11.0. The lowest BCUT2D eigenvalue weighted by molar-refractivity contribution is -0.134. The fourth-order valence-corrected chi connectivity index (χ4v) is 2.92. The van der Waals surface area contributed by atoms with Crippen LogP contribution in [0.3, 0.4) is 0 Å². The van der Waals surface area contributed by atoms with Gasteiger partial charge in [0.1, 0.15) is 0 Å². The second-order valence-corrected chi connectivity index (χ2v) is 6.70. The van der Waals surface area contributed by atoms with Gasteiger partial charge >= 0.3 is 0 Å². The second kappa shape index (κ2) is 11.7. The van der Waals surface area contributed by atoms with Crippen LogP contribution in [0.15, 0.2) is 22.7 Å². The van der Waals surface area contributed by atoms with Gasteiger partial charge in [0.15, 0.2) is 0 Å². The monoisotopic (exact) mass is 454 g/mol. The van der Waals surface area contributed by atoms with Gasteiger partial charge in [0, 0.05) is 43.4 Å². The third-order valence-corrected chi connectivity index (χ3v) is 4.33. The zero-order valence-electron chi connectivity index (χ0n) is 14.4. The molecule has 2 N–H and O–H groups in total. The lowest BCUT2D eigenvalue weighted by Gasteiger charge is -2.28. The summed E-state index contributed by atoms with van der Waals surface area (Å²) in [4.78, 5) is 27.9. The molecule has 0 radical (unpaired) electrons. The van der Waals surface area contributed by atoms with Gasteiger partial charge in [-0.1, -0.05) is 15.9 Å². The fourth-order valence-electron chi connectivity index (χ4n) is 2.44. The van der Waals surface area contributed by atoms with Crippen molar-refractivity contribution in [1.29, 1.82) is 0 Å². The van der Waals surface area contributed by atoms with E-state index in [-0.39, 0.29) is 43.2 Å². The van der Waals surface area contributed by atoms with E-state index in [2.05, 4.69) is 31.5 Å². The minimum Gasteiger partial charge on any atom is -0.335 e. The molecule has 0 spiro atoms. The van der Waals surface area contributed by atoms with Gasteiger partial charge < -0.3 is 15.5 Å². The third kappa shape index (κ3) is 7.92. The maximum Gasteiger partial charge on any atom is 0.243 e. The van der Waals surface area contributed by atoms with Crippen molar-refractivity contribution in [3.05, 3.63) is 28.2 Å². The summed E-state index contributed by atoms with van der Waals surface area (Å²) in [5.41, 5.74) is 1.74. The van der Waals surface area contributed by atoms with E-state index >= 15 is 0 Å². The van der Waals surface area contributed by atoms with Gasteiger partial charge in [-0.2, -0.15) is 0 Å². The van der Waals surface area contributed by atoms with E-state index < -0.39 is 0 Å². The van der Waals surface area contributed by atoms with Crippen molar-refractivity contribution in [2.75, 3.05) is 51.6 Å². The number of nitrogens with zero attached hydrogens (tertiary/aromatic N) is 2. The molecule has 1 fully saturated rings. The summed E-state index contributed by atoms with van der Waals surface area (Å²) in [5, 5.41) is 6.10. The molecule has 142 valence electrons. The summed E-state index contributed by atoms with van der Waals surface area (Å²) in [6, 6.07) is 5.66. The van der Waals surface area contributed by atoms with E-state index in [1.54, 1.807) is 7.05 Å². The number of aryl methyl sites for hydroxylation is 1. The zero-order chi connectivity index (χ0) is 16.8. The lowest BCUT2D eigenvalue weighted by atomic mass is 10.2. The Morgan fingerprint density at radius 1 is 1.28 bits per heavy atom. The number of anilines is 1. The summed E-state index contributed by atoms with van der Waals surface area (Å²) >= 11 is 3.39. The van der Waals surface area contributed by atoms with Crippen molar-refractivity contribution in [3.63, 3.8) is 0 Å². The molecule has 0 aliphatic carbocycles. The molecular weight excluding hydrogens is 431 g/mol. The van der Waals surface area contributed by atoms with Crippen molar-refractivity contribution < 1.29 is 9.59 Å². The van der Waals surface area contributed by atoms with Crippen LogP contribution in [-0.2, 0) is 9.59 Å². The van der Waals surface area contributed by atoms with Crippen LogP contribution in [0, 0.1) is 6.92 Å². The molecule has 2 rings (SSSR count). The van der Waals surface area contributed by atoms with Crippen molar-refractivity contribution in [2.45, 2.75) is 6.92 Å². The summed E-state index contributed by atoms with van der Waals surface area (Å²) < 4.78 is 0.969. The first-order valence-corrected chi connectivity index (χ1v) is 8.48. The number of carbonyl (C=O) groups is 2. The molecule has 9 heteroatoms. The Hall–Kier alpha value is -0.860. The van der Waals surface area contributed by atoms with Crippen molar-refractivity contribution in [1.82, 2.24) is 15.1 Å². The van der Waals surface area contributed by atoms with Crippen LogP contribution in [0.2, 0.25) is 0 Å². The van der Waals surface area contributed by atoms with Gasteiger partial charge in [-0.05, 0) is 30.7 Å². The molecule has 1 aliphatic heterocycles. The van der Waals surface area contributed by atoms with Crippen LogP contribution in [0.25, 0.3) is 0 Å². The first-order valence-electron chi connectivity index (χ1n) is 7.69. The number of piperazine rings is 1. The molecule has 25 heavy (non-hydrogen) atoms. The van der Waals surface area contributed by atoms with Gasteiger partial charge in [0.2, 0.25) is 11.8 Å². The number of hydrogen-bond donors (Lipinski definition) is 2. The number of nitrogens with one attached hydrogen (secondary N) is 2. The van der Waals surface area contributed by atoms with Gasteiger partial charge in [-0.15, -0.1) is 24.8 Å². The molecule has 0 aromatic heterocycles. The zero-order valence-corrected chi connectivity index (χ0v) is 17.6. The summed E-state index contributed by atoms with van der Waals surface area (Å²) in [7, 11) is 1.67. The standard InChI is InChI=1S/C16H23BrN4O2.2ClH/c1-12-9-13(17)3-4-14(12)19-15(22)10-20(2)16(23)11-21-7-5-18-6-8-21;;/h3-4,9,18H,5-8,10-11H2,1-2H3,(H,19,22);2*1H. The number of hydrogen-bond acceptors (Lipinski definition) is 4. The van der Waals surface area contributed by atoms with E-state index in [1.807, 2.05) is 25.1 Å². The lowest BCUT2D eigenvalue weighted by Crippen LogP contribution is -2.48. The summed E-state index contributed by atoms with van der Waals surface area (Å²) in [6.45, 7) is 5.89. The average molecular weight is 456 g/mol. The van der Waals surface area contributed by atoms with Gasteiger partial charge in [0.25, 0.3) is 0 Å². The highest BCUT2D eigenvalue weighted by Crippen LogP contribution is 2.19. The van der Waals surface area contributed by atoms with Crippen LogP contribution >= 0.6 is 40.7 Å². The molecule has 1 heterocycles. The van der Waals surface area contributed by atoms with E-state index in [0.717, 1.165) is 41.9 Å². The van der Waals surface area contributed by atoms with E-state index in [9.17, 15) is 9.59 Å². The van der Waals surface area contributed by atoms with E-state index in [1.165, 1.54) is 4.90 Å². The molecule has 6 nitrogen and oxygen atoms in total. The SMILES string of the molecule is Cc1cc(Br)ccc1NC(=O)CN(C)C(=O)CN1CCNCC1.Cl.Cl. The van der Waals surface area contributed by atoms with Crippen molar-refractivity contribution in [3.8, 4) is 0 Å². The Labute approximate surface area is 169 Å². The summed E-state index contributed by atoms with van der Waals surface area (Å²) in [6.07, 6.45) is 0. The molecule has 1 saturated heterocycles. The predicted octanol–water partition coefficient (Wildman–Crippen LogP) is 1.90. The van der Waals surface area contributed by atoms with Gasteiger partial charge in [-0.3, -0.25) is 14.5 Å². The summed E-state index contributed by atoms with van der Waals surface area (Å²) in [5.74, 6) is -0.221. The number of carbonyl (C=O) groups excluding carboxylic acids is 2. The van der Waals surface area contributed by atoms with Crippen molar-refractivity contribution in [2.24, 2.45) is 0 Å². The van der Waals surface area contributed by atoms with Crippen LogP contribution < -0.4 is 10.6 Å². The Bertz CT molecular complexity index is 583. The maximum atomic E-state index is 12.2. The second-order valence-electron chi connectivity index (χ2n) is 5.78. The average Bonchev–Trinajstić information content (AvgIpc) is 2.51. The molecule has 1 aliphatic rings. The minimum absolute atomic E-state index is 0. The Morgan fingerprint density at radius 3 is 2.52 bits per heavy atom. The quantitative estimate of drug-likeness (QED) is 0.711. The molecule has 1 aromatic carbocycles. The molecule has 0 atom stereocenters. The number of amides is 2. The number of rotatable bonds is 5. The van der Waals surface area contributed by atoms with E-state index in [0.29, 0.717) is 6.54 Å². The molecular formula is C16H25BrCl2N4O2. The topological polar surface area (TPSA) is 64.7 Å². The molecule has 1 aromatic rings. The largest absolute Gasteiger partial charge is 0.335 e. The Balaban J connectivity index is 0.00000288. The normalized spacial score (nSPS) is 14.0. The fraction of sp³-hybridized carbons (Fsp3) is 0.500. The first kappa shape index (κ1) is 24.1. The van der Waals surface area contributed by atoms with E-state index in [4.69, 9.17) is 0 Å².